The summed E-state index contributed by atoms with van der Waals surface area (Å²) >= 11 is 0. The second kappa shape index (κ2) is 8.15. The molecule has 1 aromatic carbocycles. The molecule has 1 saturated carbocycles. The Morgan fingerprint density at radius 1 is 1.29 bits per heavy atom. The van der Waals surface area contributed by atoms with Crippen LogP contribution in [0.2, 0.25) is 0 Å². The molecule has 1 aromatic rings. The van der Waals surface area contributed by atoms with E-state index in [1.165, 1.54) is 0 Å². The zero-order chi connectivity index (χ0) is 17.7. The lowest BCUT2D eigenvalue weighted by atomic mass is 9.85. The molecule has 0 aromatic heterocycles. The number of amides is 1. The lowest BCUT2D eigenvalue weighted by molar-refractivity contribution is -0.139. The number of hydrogen-bond donors (Lipinski definition) is 2. The summed E-state index contributed by atoms with van der Waals surface area (Å²) in [7, 11) is 0. The summed E-state index contributed by atoms with van der Waals surface area (Å²) in [4.78, 5) is 24.8. The quantitative estimate of drug-likeness (QED) is 0.757. The number of likely N-dealkylation sites (N-methyl/N-ethyl adjacent to an activating group) is 1. The van der Waals surface area contributed by atoms with E-state index >= 15 is 0 Å². The summed E-state index contributed by atoms with van der Waals surface area (Å²) in [5, 5.41) is 11.8. The number of carboxylic acid groups (broad SMARTS) is 1. The molecule has 1 fully saturated rings. The molecule has 0 radical (unpaired) electrons. The van der Waals surface area contributed by atoms with Crippen molar-refractivity contribution in [2.75, 3.05) is 19.7 Å². The summed E-state index contributed by atoms with van der Waals surface area (Å²) in [6.45, 7) is 6.62. The fraction of sp³-hybridized carbons (Fsp3) is 0.556. The molecule has 0 unspecified atom stereocenters. The molecule has 1 aliphatic carbocycles. The van der Waals surface area contributed by atoms with Crippen LogP contribution in [0, 0.1) is 13.8 Å². The Morgan fingerprint density at radius 2 is 1.92 bits per heavy atom. The fourth-order valence-electron chi connectivity index (χ4n) is 3.11. The van der Waals surface area contributed by atoms with E-state index in [4.69, 9.17) is 9.84 Å². The van der Waals surface area contributed by atoms with E-state index in [1.54, 1.807) is 0 Å². The van der Waals surface area contributed by atoms with Gasteiger partial charge < -0.3 is 15.2 Å². The number of aliphatic carboxylic acids is 1. The minimum atomic E-state index is -0.814. The molecular formula is C18H26N2O4. The van der Waals surface area contributed by atoms with Gasteiger partial charge in [-0.1, -0.05) is 25.1 Å². The van der Waals surface area contributed by atoms with Gasteiger partial charge in [0.25, 0.3) is 5.91 Å². The smallest absolute Gasteiger partial charge is 0.317 e. The van der Waals surface area contributed by atoms with Crippen LogP contribution in [0.4, 0.5) is 0 Å². The highest BCUT2D eigenvalue weighted by molar-refractivity contribution is 5.78. The Hall–Kier alpha value is -2.08. The summed E-state index contributed by atoms with van der Waals surface area (Å²) < 4.78 is 5.65. The molecule has 0 aliphatic heterocycles. The average molecular weight is 334 g/mol. The SMILES string of the molecule is CCN(CC(=O)O)C1CC(NC(=O)COc2c(C)cccc2C)C1. The second-order valence-corrected chi connectivity index (χ2v) is 6.36. The number of aryl methyl sites for hydroxylation is 2. The molecule has 1 aliphatic rings. The highest BCUT2D eigenvalue weighted by Crippen LogP contribution is 2.26. The number of nitrogens with one attached hydrogen (secondary N) is 1. The fourth-order valence-corrected chi connectivity index (χ4v) is 3.11. The average Bonchev–Trinajstić information content (AvgIpc) is 2.47. The van der Waals surface area contributed by atoms with E-state index in [0.717, 1.165) is 29.7 Å². The van der Waals surface area contributed by atoms with Gasteiger partial charge in [-0.2, -0.15) is 0 Å². The molecule has 0 heterocycles. The number of benzene rings is 1. The van der Waals surface area contributed by atoms with Crippen molar-refractivity contribution in [3.05, 3.63) is 29.3 Å². The number of carbonyl (C=O) groups excluding carboxylic acids is 1. The summed E-state index contributed by atoms with van der Waals surface area (Å²) in [6, 6.07) is 6.21. The predicted octanol–water partition coefficient (Wildman–Crippen LogP) is 1.74. The van der Waals surface area contributed by atoms with Gasteiger partial charge in [0.05, 0.1) is 6.54 Å². The van der Waals surface area contributed by atoms with Crippen LogP contribution < -0.4 is 10.1 Å². The van der Waals surface area contributed by atoms with E-state index in [9.17, 15) is 9.59 Å². The van der Waals surface area contributed by atoms with Gasteiger partial charge in [0.2, 0.25) is 0 Å². The zero-order valence-corrected chi connectivity index (χ0v) is 14.5. The molecule has 2 rings (SSSR count). The van der Waals surface area contributed by atoms with Crippen molar-refractivity contribution in [2.45, 2.75) is 45.7 Å². The highest BCUT2D eigenvalue weighted by atomic mass is 16.5. The molecule has 0 bridgehead atoms. The monoisotopic (exact) mass is 334 g/mol. The Bertz CT molecular complexity index is 576. The highest BCUT2D eigenvalue weighted by Gasteiger charge is 2.34. The van der Waals surface area contributed by atoms with Crippen LogP contribution in [-0.2, 0) is 9.59 Å². The molecule has 0 saturated heterocycles. The molecule has 6 nitrogen and oxygen atoms in total. The van der Waals surface area contributed by atoms with Gasteiger partial charge in [-0.3, -0.25) is 14.5 Å². The van der Waals surface area contributed by atoms with Crippen molar-refractivity contribution in [1.29, 1.82) is 0 Å². The molecule has 24 heavy (non-hydrogen) atoms. The lowest BCUT2D eigenvalue weighted by Gasteiger charge is -2.42. The summed E-state index contributed by atoms with van der Waals surface area (Å²) in [5.74, 6) is -0.188. The number of hydrogen-bond acceptors (Lipinski definition) is 4. The van der Waals surface area contributed by atoms with Crippen molar-refractivity contribution >= 4 is 11.9 Å². The van der Waals surface area contributed by atoms with Crippen molar-refractivity contribution in [3.63, 3.8) is 0 Å². The number of para-hydroxylation sites is 1. The van der Waals surface area contributed by atoms with E-state index in [2.05, 4.69) is 5.32 Å². The van der Waals surface area contributed by atoms with Crippen LogP contribution in [0.5, 0.6) is 5.75 Å². The third-order valence-electron chi connectivity index (χ3n) is 4.50. The maximum absolute atomic E-state index is 12.0. The summed E-state index contributed by atoms with van der Waals surface area (Å²) in [6.07, 6.45) is 1.58. The van der Waals surface area contributed by atoms with Gasteiger partial charge in [-0.05, 0) is 44.4 Å². The molecule has 0 spiro atoms. The van der Waals surface area contributed by atoms with Crippen molar-refractivity contribution in [3.8, 4) is 5.75 Å². The number of rotatable bonds is 8. The molecule has 1 amide bonds. The van der Waals surface area contributed by atoms with Gasteiger partial charge >= 0.3 is 5.97 Å². The largest absolute Gasteiger partial charge is 0.483 e. The van der Waals surface area contributed by atoms with E-state index in [-0.39, 0.29) is 31.1 Å². The minimum absolute atomic E-state index is 0.000518. The number of nitrogens with zero attached hydrogens (tertiary/aromatic N) is 1. The first-order chi connectivity index (χ1) is 11.4. The number of carboxylic acids is 1. The molecule has 2 N–H and O–H groups in total. The summed E-state index contributed by atoms with van der Waals surface area (Å²) in [5.41, 5.74) is 2.03. The molecule has 6 heteroatoms. The molecule has 132 valence electrons. The predicted molar refractivity (Wildman–Crippen MR) is 91.2 cm³/mol. The first kappa shape index (κ1) is 18.3. The Kier molecular flexibility index (Phi) is 6.20. The molecule has 0 atom stereocenters. The first-order valence-electron chi connectivity index (χ1n) is 8.35. The normalized spacial score (nSPS) is 19.7. The Labute approximate surface area is 142 Å². The van der Waals surface area contributed by atoms with E-state index in [0.29, 0.717) is 6.54 Å². The van der Waals surface area contributed by atoms with Crippen molar-refractivity contribution in [1.82, 2.24) is 10.2 Å². The number of carbonyl (C=O) groups is 2. The molecular weight excluding hydrogens is 308 g/mol. The van der Waals surface area contributed by atoms with Gasteiger partial charge in [-0.15, -0.1) is 0 Å². The third kappa shape index (κ3) is 4.71. The second-order valence-electron chi connectivity index (χ2n) is 6.36. The number of ether oxygens (including phenoxy) is 1. The van der Waals surface area contributed by atoms with Crippen LogP contribution in [0.3, 0.4) is 0 Å². The maximum atomic E-state index is 12.0. The first-order valence-corrected chi connectivity index (χ1v) is 8.35. The van der Waals surface area contributed by atoms with Gasteiger partial charge in [0, 0.05) is 12.1 Å². The van der Waals surface area contributed by atoms with Crippen molar-refractivity contribution < 1.29 is 19.4 Å². The van der Waals surface area contributed by atoms with Gasteiger partial charge in [0.15, 0.2) is 6.61 Å². The van der Waals surface area contributed by atoms with Crippen LogP contribution >= 0.6 is 0 Å². The van der Waals surface area contributed by atoms with Crippen LogP contribution in [0.25, 0.3) is 0 Å². The van der Waals surface area contributed by atoms with Crippen LogP contribution in [0.15, 0.2) is 18.2 Å². The van der Waals surface area contributed by atoms with Crippen LogP contribution in [-0.4, -0.2) is 53.7 Å². The Balaban J connectivity index is 1.74. The zero-order valence-electron chi connectivity index (χ0n) is 14.5. The third-order valence-corrected chi connectivity index (χ3v) is 4.50. The van der Waals surface area contributed by atoms with E-state index < -0.39 is 5.97 Å². The minimum Gasteiger partial charge on any atom is -0.483 e. The maximum Gasteiger partial charge on any atom is 0.317 e. The van der Waals surface area contributed by atoms with Gasteiger partial charge in [-0.25, -0.2) is 0 Å². The van der Waals surface area contributed by atoms with Gasteiger partial charge in [0.1, 0.15) is 5.75 Å². The van der Waals surface area contributed by atoms with E-state index in [1.807, 2.05) is 43.9 Å². The van der Waals surface area contributed by atoms with Crippen LogP contribution in [0.1, 0.15) is 30.9 Å². The topological polar surface area (TPSA) is 78.9 Å². The Morgan fingerprint density at radius 3 is 2.46 bits per heavy atom. The van der Waals surface area contributed by atoms with Crippen molar-refractivity contribution in [2.24, 2.45) is 0 Å². The lowest BCUT2D eigenvalue weighted by Crippen LogP contribution is -2.55. The standard InChI is InChI=1S/C18H26N2O4/c1-4-20(10-17(22)23)15-8-14(9-15)19-16(21)11-24-18-12(2)6-5-7-13(18)3/h5-7,14-15H,4,8-11H2,1-3H3,(H,19,21)(H,22,23).